The van der Waals surface area contributed by atoms with E-state index in [1.54, 1.807) is 31.2 Å². The minimum Gasteiger partial charge on any atom is -0.443 e. The van der Waals surface area contributed by atoms with Crippen molar-refractivity contribution in [3.05, 3.63) is 64.9 Å². The molecule has 1 aliphatic heterocycles. The van der Waals surface area contributed by atoms with Gasteiger partial charge < -0.3 is 9.73 Å². The zero-order valence-electron chi connectivity index (χ0n) is 14.3. The van der Waals surface area contributed by atoms with Crippen molar-refractivity contribution in [3.8, 4) is 16.8 Å². The summed E-state index contributed by atoms with van der Waals surface area (Å²) in [6, 6.07) is 11.9. The van der Waals surface area contributed by atoms with Gasteiger partial charge in [0.1, 0.15) is 11.8 Å². The first kappa shape index (κ1) is 17.0. The molecule has 7 nitrogen and oxygen atoms in total. The van der Waals surface area contributed by atoms with Crippen LogP contribution < -0.4 is 5.32 Å². The molecule has 1 N–H and O–H groups in total. The van der Waals surface area contributed by atoms with Crippen LogP contribution in [-0.4, -0.2) is 21.8 Å². The lowest BCUT2D eigenvalue weighted by atomic mass is 9.91. The summed E-state index contributed by atoms with van der Waals surface area (Å²) in [6.07, 6.45) is 1.45. The van der Waals surface area contributed by atoms with Crippen molar-refractivity contribution < 1.29 is 14.0 Å². The highest BCUT2D eigenvalue weighted by atomic mass is 32.1. The van der Waals surface area contributed by atoms with Gasteiger partial charge in [-0.1, -0.05) is 18.2 Å². The zero-order valence-corrected chi connectivity index (χ0v) is 15.1. The van der Waals surface area contributed by atoms with E-state index < -0.39 is 11.6 Å². The van der Waals surface area contributed by atoms with Crippen molar-refractivity contribution in [1.82, 2.24) is 15.2 Å². The van der Waals surface area contributed by atoms with E-state index in [1.165, 1.54) is 17.6 Å². The van der Waals surface area contributed by atoms with Crippen LogP contribution in [0.2, 0.25) is 0 Å². The van der Waals surface area contributed by atoms with E-state index in [4.69, 9.17) is 9.68 Å². The zero-order chi connectivity index (χ0) is 19.0. The number of aromatic nitrogens is 1. The fraction of sp³-hybridized carbons (Fsp3) is 0.158. The Morgan fingerprint density at radius 3 is 2.74 bits per heavy atom. The number of nitrogens with zero attached hydrogens (tertiary/aromatic N) is 3. The van der Waals surface area contributed by atoms with Crippen LogP contribution in [0.25, 0.3) is 10.8 Å². The van der Waals surface area contributed by atoms with Crippen molar-refractivity contribution >= 4 is 23.3 Å². The van der Waals surface area contributed by atoms with Crippen LogP contribution in [0.3, 0.4) is 0 Å². The van der Waals surface area contributed by atoms with E-state index in [9.17, 15) is 9.59 Å². The molecule has 1 saturated heterocycles. The van der Waals surface area contributed by atoms with Gasteiger partial charge in [0.15, 0.2) is 0 Å². The molecule has 0 saturated carbocycles. The molecule has 1 aliphatic rings. The van der Waals surface area contributed by atoms with Crippen molar-refractivity contribution in [2.75, 3.05) is 0 Å². The third-order valence-electron chi connectivity index (χ3n) is 4.47. The van der Waals surface area contributed by atoms with E-state index in [1.807, 2.05) is 23.6 Å². The van der Waals surface area contributed by atoms with Gasteiger partial charge >= 0.3 is 6.03 Å². The number of amides is 3. The number of imide groups is 1. The molecule has 0 spiro atoms. The smallest absolute Gasteiger partial charge is 0.325 e. The number of urea groups is 1. The molecule has 3 aromatic rings. The SMILES string of the molecule is CC1(c2ccc(C#N)cc2)NC(=O)N(Cc2coc(-c3cccs3)n2)C1=O. The Labute approximate surface area is 158 Å². The summed E-state index contributed by atoms with van der Waals surface area (Å²) in [7, 11) is 0. The van der Waals surface area contributed by atoms with Crippen LogP contribution in [0.1, 0.15) is 23.7 Å². The van der Waals surface area contributed by atoms with Gasteiger partial charge in [0.2, 0.25) is 5.89 Å². The van der Waals surface area contributed by atoms with Crippen molar-refractivity contribution in [2.24, 2.45) is 0 Å². The summed E-state index contributed by atoms with van der Waals surface area (Å²) in [5.41, 5.74) is 0.401. The second-order valence-corrected chi connectivity index (χ2v) is 7.20. The summed E-state index contributed by atoms with van der Waals surface area (Å²) < 4.78 is 5.45. The Morgan fingerprint density at radius 1 is 1.30 bits per heavy atom. The predicted octanol–water partition coefficient (Wildman–Crippen LogP) is 3.24. The highest BCUT2D eigenvalue weighted by Crippen LogP contribution is 2.30. The van der Waals surface area contributed by atoms with Crippen LogP contribution >= 0.6 is 11.3 Å². The Morgan fingerprint density at radius 2 is 2.07 bits per heavy atom. The van der Waals surface area contributed by atoms with Gasteiger partial charge in [0.25, 0.3) is 5.91 Å². The number of carbonyl (C=O) groups excluding carboxylic acids is 2. The number of benzene rings is 1. The monoisotopic (exact) mass is 378 g/mol. The third kappa shape index (κ3) is 2.88. The molecule has 1 fully saturated rings. The van der Waals surface area contributed by atoms with Gasteiger partial charge in [-0.05, 0) is 36.1 Å². The Kier molecular flexibility index (Phi) is 4.01. The second kappa shape index (κ2) is 6.37. The second-order valence-electron chi connectivity index (χ2n) is 6.26. The molecular formula is C19H14N4O3S. The number of nitriles is 1. The molecule has 8 heteroatoms. The summed E-state index contributed by atoms with van der Waals surface area (Å²) in [5.74, 6) is 0.0831. The summed E-state index contributed by atoms with van der Waals surface area (Å²) in [6.45, 7) is 1.67. The number of rotatable bonds is 4. The Hall–Kier alpha value is -3.44. The molecule has 1 aromatic carbocycles. The van der Waals surface area contributed by atoms with Gasteiger partial charge in [-0.25, -0.2) is 9.78 Å². The van der Waals surface area contributed by atoms with Crippen molar-refractivity contribution in [3.63, 3.8) is 0 Å². The van der Waals surface area contributed by atoms with Crippen LogP contribution in [-0.2, 0) is 16.9 Å². The van der Waals surface area contributed by atoms with Crippen molar-refractivity contribution in [2.45, 2.75) is 19.0 Å². The van der Waals surface area contributed by atoms with Crippen molar-refractivity contribution in [1.29, 1.82) is 5.26 Å². The molecule has 0 radical (unpaired) electrons. The fourth-order valence-electron chi connectivity index (χ4n) is 2.97. The minimum absolute atomic E-state index is 0.0193. The molecule has 1 unspecified atom stereocenters. The average Bonchev–Trinajstić information content (AvgIpc) is 3.40. The maximum absolute atomic E-state index is 13.0. The largest absolute Gasteiger partial charge is 0.443 e. The highest BCUT2D eigenvalue weighted by molar-refractivity contribution is 7.13. The number of hydrogen-bond donors (Lipinski definition) is 1. The highest BCUT2D eigenvalue weighted by Gasteiger charge is 2.49. The third-order valence-corrected chi connectivity index (χ3v) is 5.33. The molecule has 2 aromatic heterocycles. The molecule has 27 heavy (non-hydrogen) atoms. The van der Waals surface area contributed by atoms with Gasteiger partial charge in [0.05, 0.1) is 28.7 Å². The molecule has 1 atom stereocenters. The topological polar surface area (TPSA) is 99.2 Å². The minimum atomic E-state index is -1.19. The van der Waals surface area contributed by atoms with E-state index >= 15 is 0 Å². The van der Waals surface area contributed by atoms with Crippen LogP contribution in [0.15, 0.2) is 52.5 Å². The number of nitrogens with one attached hydrogen (secondary N) is 1. The lowest BCUT2D eigenvalue weighted by Crippen LogP contribution is -2.40. The molecule has 134 valence electrons. The standard InChI is InChI=1S/C19H14N4O3S/c1-19(13-6-4-12(9-20)5-7-13)17(24)23(18(25)22-19)10-14-11-26-16(21-14)15-3-2-8-27-15/h2-8,11H,10H2,1H3,(H,22,25). The van der Waals surface area contributed by atoms with Gasteiger partial charge in [-0.15, -0.1) is 11.3 Å². The van der Waals surface area contributed by atoms with Gasteiger partial charge in [-0.2, -0.15) is 5.26 Å². The maximum Gasteiger partial charge on any atom is 0.325 e. The molecule has 3 amide bonds. The summed E-state index contributed by atoms with van der Waals surface area (Å²) in [4.78, 5) is 31.7. The van der Waals surface area contributed by atoms with Gasteiger partial charge in [0, 0.05) is 0 Å². The molecular weight excluding hydrogens is 364 g/mol. The first-order valence-electron chi connectivity index (χ1n) is 8.14. The molecule has 3 heterocycles. The van der Waals surface area contributed by atoms with Crippen LogP contribution in [0, 0.1) is 11.3 Å². The Balaban J connectivity index is 1.57. The first-order valence-corrected chi connectivity index (χ1v) is 9.02. The number of thiophene rings is 1. The first-order chi connectivity index (χ1) is 13.0. The van der Waals surface area contributed by atoms with E-state index in [0.717, 1.165) is 9.78 Å². The van der Waals surface area contributed by atoms with E-state index in [-0.39, 0.29) is 12.5 Å². The summed E-state index contributed by atoms with van der Waals surface area (Å²) in [5, 5.41) is 13.6. The lowest BCUT2D eigenvalue weighted by molar-refractivity contribution is -0.131. The Bertz CT molecular complexity index is 1050. The molecule has 0 bridgehead atoms. The fourth-order valence-corrected chi connectivity index (χ4v) is 3.62. The van der Waals surface area contributed by atoms with E-state index in [2.05, 4.69) is 10.3 Å². The van der Waals surface area contributed by atoms with Crippen LogP contribution in [0.4, 0.5) is 4.79 Å². The lowest BCUT2D eigenvalue weighted by Gasteiger charge is -2.22. The number of carbonyl (C=O) groups is 2. The molecule has 0 aliphatic carbocycles. The maximum atomic E-state index is 13.0. The van der Waals surface area contributed by atoms with Gasteiger partial charge in [-0.3, -0.25) is 9.69 Å². The van der Waals surface area contributed by atoms with E-state index in [0.29, 0.717) is 22.7 Å². The molecule has 4 rings (SSSR count). The quantitative estimate of drug-likeness (QED) is 0.703. The normalized spacial score (nSPS) is 19.2. The number of hydrogen-bond acceptors (Lipinski definition) is 6. The predicted molar refractivity (Wildman–Crippen MR) is 97.4 cm³/mol. The number of oxazole rings is 1. The summed E-state index contributed by atoms with van der Waals surface area (Å²) >= 11 is 1.49. The van der Waals surface area contributed by atoms with Crippen LogP contribution in [0.5, 0.6) is 0 Å². The average molecular weight is 378 g/mol.